The van der Waals surface area contributed by atoms with Gasteiger partial charge in [-0.3, -0.25) is 9.59 Å². The summed E-state index contributed by atoms with van der Waals surface area (Å²) in [5.41, 5.74) is 0. The van der Waals surface area contributed by atoms with Crippen LogP contribution < -0.4 is 5.32 Å². The number of rotatable bonds is 4. The van der Waals surface area contributed by atoms with Crippen molar-refractivity contribution in [2.24, 2.45) is 11.8 Å². The summed E-state index contributed by atoms with van der Waals surface area (Å²) in [6.07, 6.45) is 1.86. The van der Waals surface area contributed by atoms with Gasteiger partial charge in [0.2, 0.25) is 5.91 Å². The molecule has 2 aliphatic rings. The number of hydrogen-bond donors (Lipinski definition) is 1. The summed E-state index contributed by atoms with van der Waals surface area (Å²) in [6, 6.07) is -0.0147. The Bertz CT molecular complexity index is 383. The molecule has 2 saturated heterocycles. The molecule has 2 fully saturated rings. The molecule has 4 nitrogen and oxygen atoms in total. The highest BCUT2D eigenvalue weighted by Crippen LogP contribution is 2.36. The Labute approximate surface area is 120 Å². The maximum Gasteiger partial charge on any atom is 0.228 e. The Morgan fingerprint density at radius 1 is 1.37 bits per heavy atom. The minimum atomic E-state index is -1.66. The number of carbonyl (C=O) groups excluding carboxylic acids is 2. The number of hydrogen-bond acceptors (Lipinski definition) is 4. The van der Waals surface area contributed by atoms with Crippen LogP contribution >= 0.6 is 11.8 Å². The minimum Gasteiger partial charge on any atom is -0.414 e. The Morgan fingerprint density at radius 3 is 2.58 bits per heavy atom. The van der Waals surface area contributed by atoms with Crippen LogP contribution in [0.25, 0.3) is 0 Å². The van der Waals surface area contributed by atoms with Gasteiger partial charge in [-0.1, -0.05) is 11.8 Å². The van der Waals surface area contributed by atoms with Crippen molar-refractivity contribution >= 4 is 31.1 Å². The van der Waals surface area contributed by atoms with Crippen molar-refractivity contribution in [3.8, 4) is 0 Å². The zero-order valence-electron chi connectivity index (χ0n) is 12.1. The minimum absolute atomic E-state index is 0.0147. The highest BCUT2D eigenvalue weighted by atomic mass is 32.2. The Morgan fingerprint density at radius 2 is 2.05 bits per heavy atom. The lowest BCUT2D eigenvalue weighted by atomic mass is 9.77. The third kappa shape index (κ3) is 3.41. The SMILES string of the molecule is C[C@@H](O[Si](C)(C)C)[C@H]1C(=O)N[C@@H]1C1CCCSC1=O. The second kappa shape index (κ2) is 5.58. The topological polar surface area (TPSA) is 55.4 Å². The van der Waals surface area contributed by atoms with E-state index in [2.05, 4.69) is 25.0 Å². The van der Waals surface area contributed by atoms with Crippen LogP contribution in [0.15, 0.2) is 0 Å². The fraction of sp³-hybridized carbons (Fsp3) is 0.846. The van der Waals surface area contributed by atoms with Gasteiger partial charge in [0.25, 0.3) is 0 Å². The normalized spacial score (nSPS) is 33.6. The van der Waals surface area contributed by atoms with E-state index < -0.39 is 8.32 Å². The first-order valence-electron chi connectivity index (χ1n) is 6.94. The van der Waals surface area contributed by atoms with Crippen molar-refractivity contribution < 1.29 is 14.0 Å². The van der Waals surface area contributed by atoms with Gasteiger partial charge < -0.3 is 9.74 Å². The van der Waals surface area contributed by atoms with Crippen LogP contribution in [0, 0.1) is 11.8 Å². The van der Waals surface area contributed by atoms with Gasteiger partial charge in [0.05, 0.1) is 18.1 Å². The number of thioether (sulfide) groups is 1. The zero-order valence-corrected chi connectivity index (χ0v) is 13.9. The first kappa shape index (κ1) is 15.1. The van der Waals surface area contributed by atoms with Gasteiger partial charge in [-0.25, -0.2) is 0 Å². The van der Waals surface area contributed by atoms with Crippen molar-refractivity contribution in [2.75, 3.05) is 5.75 Å². The molecule has 0 aliphatic carbocycles. The first-order valence-corrected chi connectivity index (χ1v) is 11.3. The second-order valence-corrected chi connectivity index (χ2v) is 12.0. The smallest absolute Gasteiger partial charge is 0.228 e. The lowest BCUT2D eigenvalue weighted by Crippen LogP contribution is -2.66. The van der Waals surface area contributed by atoms with E-state index >= 15 is 0 Å². The molecule has 0 aromatic carbocycles. The van der Waals surface area contributed by atoms with Gasteiger partial charge in [-0.15, -0.1) is 0 Å². The molecule has 4 atom stereocenters. The summed E-state index contributed by atoms with van der Waals surface area (Å²) >= 11 is 1.41. The van der Waals surface area contributed by atoms with E-state index in [9.17, 15) is 9.59 Å². The van der Waals surface area contributed by atoms with Crippen LogP contribution in [0.3, 0.4) is 0 Å². The molecule has 0 aromatic rings. The summed E-state index contributed by atoms with van der Waals surface area (Å²) in [4.78, 5) is 23.8. The molecule has 6 heteroatoms. The van der Waals surface area contributed by atoms with Gasteiger partial charge in [0, 0.05) is 11.7 Å². The van der Waals surface area contributed by atoms with Gasteiger partial charge >= 0.3 is 0 Å². The molecular formula is C13H23NO3SSi. The molecule has 0 saturated carbocycles. The van der Waals surface area contributed by atoms with Crippen molar-refractivity contribution in [2.45, 2.75) is 51.6 Å². The van der Waals surface area contributed by atoms with Gasteiger partial charge in [-0.2, -0.15) is 0 Å². The van der Waals surface area contributed by atoms with Crippen LogP contribution in [0.2, 0.25) is 19.6 Å². The van der Waals surface area contributed by atoms with Crippen molar-refractivity contribution in [3.63, 3.8) is 0 Å². The highest BCUT2D eigenvalue weighted by Gasteiger charge is 2.50. The molecular weight excluding hydrogens is 278 g/mol. The molecule has 1 N–H and O–H groups in total. The zero-order chi connectivity index (χ0) is 14.2. The Hall–Kier alpha value is -0.333. The molecule has 2 aliphatic heterocycles. The molecule has 1 unspecified atom stereocenters. The molecule has 0 bridgehead atoms. The summed E-state index contributed by atoms with van der Waals surface area (Å²) in [5, 5.41) is 3.16. The van der Waals surface area contributed by atoms with Crippen LogP contribution in [0.5, 0.6) is 0 Å². The predicted molar refractivity (Wildman–Crippen MR) is 79.5 cm³/mol. The number of amides is 1. The molecule has 0 aromatic heterocycles. The lowest BCUT2D eigenvalue weighted by molar-refractivity contribution is -0.143. The third-order valence-corrected chi connectivity index (χ3v) is 5.84. The average Bonchev–Trinajstić information content (AvgIpc) is 2.24. The van der Waals surface area contributed by atoms with E-state index in [1.54, 1.807) is 0 Å². The standard InChI is InChI=1S/C13H23NO3SSi/c1-8(17-19(2,3)4)10-11(14-12(10)15)9-6-5-7-18-13(9)16/h8-11H,5-7H2,1-4H3,(H,14,15)/t8-,9?,10-,11-/m1/s1. The molecule has 2 rings (SSSR count). The summed E-state index contributed by atoms with van der Waals surface area (Å²) < 4.78 is 6.03. The summed E-state index contributed by atoms with van der Waals surface area (Å²) in [7, 11) is -1.66. The first-order chi connectivity index (χ1) is 8.79. The molecule has 0 spiro atoms. The Kier molecular flexibility index (Phi) is 4.42. The second-order valence-electron chi connectivity index (χ2n) is 6.41. The van der Waals surface area contributed by atoms with E-state index in [0.29, 0.717) is 0 Å². The monoisotopic (exact) mass is 301 g/mol. The molecule has 19 heavy (non-hydrogen) atoms. The maximum absolute atomic E-state index is 12.0. The number of nitrogens with one attached hydrogen (secondary N) is 1. The number of carbonyl (C=O) groups is 2. The van der Waals surface area contributed by atoms with Gasteiger partial charge in [-0.05, 0) is 39.4 Å². The van der Waals surface area contributed by atoms with E-state index in [1.165, 1.54) is 11.8 Å². The summed E-state index contributed by atoms with van der Waals surface area (Å²) in [6.45, 7) is 8.33. The largest absolute Gasteiger partial charge is 0.414 e. The van der Waals surface area contributed by atoms with E-state index in [4.69, 9.17) is 4.43 Å². The summed E-state index contributed by atoms with van der Waals surface area (Å²) in [5.74, 6) is 0.786. The number of β-lactam (4-membered cyclic amide) rings is 1. The molecule has 2 heterocycles. The quantitative estimate of drug-likeness (QED) is 0.637. The predicted octanol–water partition coefficient (Wildman–Crippen LogP) is 2.01. The van der Waals surface area contributed by atoms with Gasteiger partial charge in [0.1, 0.15) is 0 Å². The van der Waals surface area contributed by atoms with Crippen LogP contribution in [-0.2, 0) is 14.0 Å². The van der Waals surface area contributed by atoms with Crippen LogP contribution in [0.4, 0.5) is 0 Å². The molecule has 0 radical (unpaired) electrons. The molecule has 1 amide bonds. The fourth-order valence-electron chi connectivity index (χ4n) is 2.93. The maximum atomic E-state index is 12.0. The fourth-order valence-corrected chi connectivity index (χ4v) is 5.18. The van der Waals surface area contributed by atoms with Crippen LogP contribution in [0.1, 0.15) is 19.8 Å². The van der Waals surface area contributed by atoms with Crippen molar-refractivity contribution in [1.29, 1.82) is 0 Å². The highest BCUT2D eigenvalue weighted by molar-refractivity contribution is 8.13. The Balaban J connectivity index is 2.02. The van der Waals surface area contributed by atoms with E-state index in [-0.39, 0.29) is 35.0 Å². The molecule has 108 valence electrons. The van der Waals surface area contributed by atoms with Crippen molar-refractivity contribution in [3.05, 3.63) is 0 Å². The van der Waals surface area contributed by atoms with Gasteiger partial charge in [0.15, 0.2) is 13.4 Å². The van der Waals surface area contributed by atoms with E-state index in [0.717, 1.165) is 18.6 Å². The van der Waals surface area contributed by atoms with Crippen LogP contribution in [-0.4, -0.2) is 37.2 Å². The lowest BCUT2D eigenvalue weighted by Gasteiger charge is -2.45. The average molecular weight is 301 g/mol. The van der Waals surface area contributed by atoms with E-state index in [1.807, 2.05) is 6.92 Å². The van der Waals surface area contributed by atoms with Crippen molar-refractivity contribution in [1.82, 2.24) is 5.32 Å². The third-order valence-electron chi connectivity index (χ3n) is 3.68.